The van der Waals surface area contributed by atoms with E-state index in [9.17, 15) is 19.2 Å². The first-order chi connectivity index (χ1) is 19.1. The van der Waals surface area contributed by atoms with Gasteiger partial charge in [-0.1, -0.05) is 20.8 Å². The van der Waals surface area contributed by atoms with Crippen LogP contribution in [0.2, 0.25) is 0 Å². The Morgan fingerprint density at radius 3 is 1.74 bits per heavy atom. The van der Waals surface area contributed by atoms with Crippen LogP contribution >= 0.6 is 23.5 Å². The Hall–Kier alpha value is -0.640. The monoisotopic (exact) mass is 620 g/mol. The van der Waals surface area contributed by atoms with Crippen LogP contribution in [0.15, 0.2) is 0 Å². The zero-order valence-corrected chi connectivity index (χ0v) is 30.2. The van der Waals surface area contributed by atoms with Gasteiger partial charge in [0.05, 0.1) is 50.9 Å². The third-order valence-electron chi connectivity index (χ3n) is 7.72. The molecule has 0 aromatic heterocycles. The molecular weight excluding hydrogens is 564 g/mol. The summed E-state index contributed by atoms with van der Waals surface area (Å²) in [6, 6.07) is -0.708. The van der Waals surface area contributed by atoms with Crippen molar-refractivity contribution >= 4 is 76.4 Å². The average molecular weight is 620 g/mol. The van der Waals surface area contributed by atoms with E-state index in [2.05, 4.69) is 31.4 Å². The number of carbonyl (C=O) groups excluding carboxylic acids is 4. The van der Waals surface area contributed by atoms with Gasteiger partial charge in [0.15, 0.2) is 14.3 Å². The average Bonchev–Trinajstić information content (AvgIpc) is 2.86. The topological polar surface area (TPSA) is 102 Å². The second-order valence-electron chi connectivity index (χ2n) is 15.0. The molecule has 0 radical (unpaired) electrons. The normalized spacial score (nSPS) is 19.3. The van der Waals surface area contributed by atoms with Crippen molar-refractivity contribution in [1.82, 2.24) is 10.6 Å². The minimum absolute atomic E-state index is 0.0279. The Kier molecular flexibility index (Phi) is 15.6. The second kappa shape index (κ2) is 16.6. The molecule has 4 atom stereocenters. The predicted octanol–water partition coefficient (Wildman–Crippen LogP) is 1.46. The van der Waals surface area contributed by atoms with Gasteiger partial charge in [-0.2, -0.15) is 23.5 Å². The maximum absolute atomic E-state index is 13.3. The van der Waals surface area contributed by atoms with E-state index in [1.165, 1.54) is 0 Å². The zero-order valence-electron chi connectivity index (χ0n) is 28.5. The van der Waals surface area contributed by atoms with Gasteiger partial charge in [0.25, 0.3) is 0 Å². The lowest BCUT2D eigenvalue weighted by molar-refractivity contribution is -0.140. The van der Waals surface area contributed by atoms with Crippen LogP contribution in [-0.4, -0.2) is 105 Å². The summed E-state index contributed by atoms with van der Waals surface area (Å²) < 4.78 is 6.15. The van der Waals surface area contributed by atoms with Crippen LogP contribution in [0.4, 0.5) is 0 Å². The van der Waals surface area contributed by atoms with Crippen LogP contribution in [0.3, 0.4) is 0 Å². The summed E-state index contributed by atoms with van der Waals surface area (Å²) in [5, 5.41) is 7.34. The summed E-state index contributed by atoms with van der Waals surface area (Å²) in [5.74, 6) is 1.27. The van der Waals surface area contributed by atoms with Gasteiger partial charge in [-0.25, -0.2) is 0 Å². The van der Waals surface area contributed by atoms with E-state index in [1.54, 1.807) is 11.8 Å². The maximum atomic E-state index is 13.3. The summed E-state index contributed by atoms with van der Waals surface area (Å²) in [5.41, 5.74) is -1.63. The number of Topliss-reactive ketones (excluding diaryl/α,β-unsaturated/α-hetero) is 1. The van der Waals surface area contributed by atoms with Crippen molar-refractivity contribution in [3.8, 4) is 0 Å². The fraction of sp³-hybridized carbons (Fsp3) is 0.862. The molecular formula is C29H56B4N2O5S2. The molecule has 4 unspecified atom stereocenters. The molecule has 42 heavy (non-hydrogen) atoms. The smallest absolute Gasteiger partial charge is 0.228 e. The Labute approximate surface area is 267 Å². The van der Waals surface area contributed by atoms with Crippen LogP contribution in [0.1, 0.15) is 94.9 Å². The first-order valence-electron chi connectivity index (χ1n) is 15.7. The van der Waals surface area contributed by atoms with Crippen LogP contribution in [0, 0.1) is 10.8 Å². The quantitative estimate of drug-likeness (QED) is 0.210. The van der Waals surface area contributed by atoms with E-state index < -0.39 is 17.1 Å². The standard InChI is InChI=1S/C29H56B4N2O5S2/c1-26(2,3)22(36)13-14-29(9,10)40-17-28(7,8)25(39)34-18(23(37)32-30)15-41-20-11-12-21(20)42-16-19(24(38)33-31)35-27(4,5)6/h18-21,32-33,35H,11-17,30-31H2,1-10H3,(H,34,39). The van der Waals surface area contributed by atoms with Crippen molar-refractivity contribution in [1.29, 1.82) is 0 Å². The molecule has 1 rings (SSSR count). The molecule has 0 spiro atoms. The fourth-order valence-corrected chi connectivity index (χ4v) is 7.56. The van der Waals surface area contributed by atoms with Gasteiger partial charge in [0.1, 0.15) is 11.5 Å². The zero-order chi connectivity index (χ0) is 32.5. The molecule has 1 aliphatic rings. The number of thioether (sulfide) groups is 2. The summed E-state index contributed by atoms with van der Waals surface area (Å²) in [7, 11) is 4.62. The van der Waals surface area contributed by atoms with Crippen molar-refractivity contribution in [2.24, 2.45) is 10.8 Å². The van der Waals surface area contributed by atoms with Gasteiger partial charge in [0, 0.05) is 39.4 Å². The summed E-state index contributed by atoms with van der Waals surface area (Å²) in [6.45, 7) is 19.8. The summed E-state index contributed by atoms with van der Waals surface area (Å²) in [4.78, 5) is 51.1. The van der Waals surface area contributed by atoms with Crippen molar-refractivity contribution in [2.45, 2.75) is 129 Å². The molecule has 2 N–H and O–H groups in total. The molecule has 0 aromatic rings. The van der Waals surface area contributed by atoms with Crippen molar-refractivity contribution in [3.05, 3.63) is 0 Å². The molecule has 1 saturated carbocycles. The largest absolute Gasteiger partial charge is 0.374 e. The SMILES string of the molecule is BBC(=O)C(CSC1CCC1SCC(NC(C)(C)C)C(=O)BB)NC(=O)C(C)(C)COC(C)(C)CCC(=O)C(C)(C)C. The van der Waals surface area contributed by atoms with E-state index in [4.69, 9.17) is 4.74 Å². The van der Waals surface area contributed by atoms with Gasteiger partial charge in [0.2, 0.25) is 5.91 Å². The number of amides is 1. The molecule has 236 valence electrons. The molecule has 1 aliphatic carbocycles. The fourth-order valence-electron chi connectivity index (χ4n) is 4.36. The molecule has 0 aromatic carbocycles. The second-order valence-corrected chi connectivity index (χ2v) is 17.6. The molecule has 1 amide bonds. The van der Waals surface area contributed by atoms with Crippen LogP contribution in [0.25, 0.3) is 0 Å². The highest BCUT2D eigenvalue weighted by molar-refractivity contribution is 8.04. The maximum Gasteiger partial charge on any atom is 0.228 e. The Balaban J connectivity index is 2.69. The first kappa shape index (κ1) is 39.4. The van der Waals surface area contributed by atoms with Crippen molar-refractivity contribution < 1.29 is 23.9 Å². The predicted molar refractivity (Wildman–Crippen MR) is 189 cm³/mol. The summed E-state index contributed by atoms with van der Waals surface area (Å²) in [6.07, 6.45) is 3.19. The van der Waals surface area contributed by atoms with Crippen LogP contribution in [-0.2, 0) is 23.9 Å². The third kappa shape index (κ3) is 14.0. The van der Waals surface area contributed by atoms with E-state index in [1.807, 2.05) is 75.7 Å². The van der Waals surface area contributed by atoms with E-state index in [-0.39, 0.29) is 46.7 Å². The van der Waals surface area contributed by atoms with E-state index in [0.29, 0.717) is 43.4 Å². The van der Waals surface area contributed by atoms with Crippen molar-refractivity contribution in [2.75, 3.05) is 18.1 Å². The van der Waals surface area contributed by atoms with Gasteiger partial charge in [-0.05, 0) is 67.7 Å². The number of ketones is 1. The summed E-state index contributed by atoms with van der Waals surface area (Å²) >= 11 is 3.61. The van der Waals surface area contributed by atoms with Gasteiger partial charge < -0.3 is 25.0 Å². The van der Waals surface area contributed by atoms with Crippen LogP contribution in [0.5, 0.6) is 0 Å². The lowest BCUT2D eigenvalue weighted by Gasteiger charge is -2.38. The molecule has 1 fully saturated rings. The van der Waals surface area contributed by atoms with Crippen molar-refractivity contribution in [3.63, 3.8) is 0 Å². The highest BCUT2D eigenvalue weighted by atomic mass is 32.2. The number of hydrogen-bond acceptors (Lipinski definition) is 8. The number of ether oxygens (including phenoxy) is 1. The molecule has 0 heterocycles. The van der Waals surface area contributed by atoms with E-state index in [0.717, 1.165) is 18.6 Å². The number of nitrogens with one attached hydrogen (secondary N) is 2. The van der Waals surface area contributed by atoms with Gasteiger partial charge >= 0.3 is 0 Å². The minimum atomic E-state index is -0.835. The molecule has 0 bridgehead atoms. The Bertz CT molecular complexity index is 938. The molecule has 0 aliphatic heterocycles. The number of carbonyl (C=O) groups is 4. The first-order valence-corrected chi connectivity index (χ1v) is 17.8. The highest BCUT2D eigenvalue weighted by Crippen LogP contribution is 2.40. The lowest BCUT2D eigenvalue weighted by atomic mass is 9.51. The molecule has 0 saturated heterocycles. The number of hydrogen-bond donors (Lipinski definition) is 2. The molecule has 7 nitrogen and oxygen atoms in total. The Morgan fingerprint density at radius 1 is 0.833 bits per heavy atom. The Morgan fingerprint density at radius 2 is 1.31 bits per heavy atom. The van der Waals surface area contributed by atoms with E-state index >= 15 is 0 Å². The number of rotatable bonds is 19. The van der Waals surface area contributed by atoms with Gasteiger partial charge in [-0.15, -0.1) is 0 Å². The third-order valence-corrected chi connectivity index (χ3v) is 10.9. The minimum Gasteiger partial charge on any atom is -0.374 e. The molecule has 13 heteroatoms. The van der Waals surface area contributed by atoms with Crippen LogP contribution < -0.4 is 10.6 Å². The van der Waals surface area contributed by atoms with Gasteiger partial charge in [-0.3, -0.25) is 9.59 Å². The lowest BCUT2D eigenvalue weighted by Crippen LogP contribution is -2.52. The highest BCUT2D eigenvalue weighted by Gasteiger charge is 2.37.